The zero-order valence-electron chi connectivity index (χ0n) is 11.3. The highest BCUT2D eigenvalue weighted by molar-refractivity contribution is 5.30. The fourth-order valence-corrected chi connectivity index (χ4v) is 2.39. The Morgan fingerprint density at radius 1 is 1.16 bits per heavy atom. The summed E-state index contributed by atoms with van der Waals surface area (Å²) >= 11 is 0. The van der Waals surface area contributed by atoms with E-state index in [9.17, 15) is 8.78 Å². The molecule has 1 aromatic rings. The minimum absolute atomic E-state index is 0.00430. The molecule has 1 fully saturated rings. The van der Waals surface area contributed by atoms with E-state index in [4.69, 9.17) is 9.47 Å². The molecule has 1 aliphatic carbocycles. The summed E-state index contributed by atoms with van der Waals surface area (Å²) in [7, 11) is 0. The van der Waals surface area contributed by atoms with E-state index < -0.39 is 11.6 Å². The van der Waals surface area contributed by atoms with Crippen molar-refractivity contribution in [3.63, 3.8) is 0 Å². The molecule has 0 N–H and O–H groups in total. The van der Waals surface area contributed by atoms with E-state index in [-0.39, 0.29) is 17.9 Å². The van der Waals surface area contributed by atoms with E-state index in [0.717, 1.165) is 12.8 Å². The minimum Gasteiger partial charge on any atom is -0.490 e. The van der Waals surface area contributed by atoms with Crippen molar-refractivity contribution in [3.05, 3.63) is 29.3 Å². The van der Waals surface area contributed by atoms with Gasteiger partial charge in [0.1, 0.15) is 0 Å². The lowest BCUT2D eigenvalue weighted by atomic mass is 10.1. The number of ether oxygens (including phenoxy) is 2. The molecule has 19 heavy (non-hydrogen) atoms. The molecule has 4 heteroatoms. The number of halogens is 2. The standard InChI is InChI=1S/C15H20F2O2/c1-2-18-10-12-7-8-13(15(17)14(12)16)19-9-11-5-3-4-6-11/h7-8,11H,2-6,9-10H2,1H3. The Bertz CT molecular complexity index is 415. The molecule has 0 atom stereocenters. The van der Waals surface area contributed by atoms with Crippen molar-refractivity contribution >= 4 is 0 Å². The van der Waals surface area contributed by atoms with Crippen LogP contribution >= 0.6 is 0 Å². The third-order valence-corrected chi connectivity index (χ3v) is 3.54. The van der Waals surface area contributed by atoms with E-state index in [1.165, 1.54) is 25.0 Å². The Balaban J connectivity index is 1.98. The van der Waals surface area contributed by atoms with Crippen LogP contribution in [0.2, 0.25) is 0 Å². The maximum atomic E-state index is 13.8. The summed E-state index contributed by atoms with van der Waals surface area (Å²) in [5.41, 5.74) is 0.229. The normalized spacial score (nSPS) is 15.9. The number of rotatable bonds is 6. The zero-order chi connectivity index (χ0) is 13.7. The molecule has 1 aliphatic rings. The highest BCUT2D eigenvalue weighted by Crippen LogP contribution is 2.28. The molecular formula is C15H20F2O2. The van der Waals surface area contributed by atoms with Gasteiger partial charge in [-0.2, -0.15) is 4.39 Å². The first kappa shape index (κ1) is 14.3. The van der Waals surface area contributed by atoms with Gasteiger partial charge in [0.2, 0.25) is 5.82 Å². The van der Waals surface area contributed by atoms with Gasteiger partial charge in [-0.15, -0.1) is 0 Å². The summed E-state index contributed by atoms with van der Waals surface area (Å²) in [6.45, 7) is 2.84. The molecule has 0 bridgehead atoms. The largest absolute Gasteiger partial charge is 0.490 e. The van der Waals surface area contributed by atoms with Crippen LogP contribution in [0.25, 0.3) is 0 Å². The summed E-state index contributed by atoms with van der Waals surface area (Å²) in [4.78, 5) is 0. The maximum Gasteiger partial charge on any atom is 0.200 e. The second-order valence-corrected chi connectivity index (χ2v) is 4.95. The zero-order valence-corrected chi connectivity index (χ0v) is 11.3. The smallest absolute Gasteiger partial charge is 0.200 e. The van der Waals surface area contributed by atoms with Gasteiger partial charge in [0.25, 0.3) is 0 Å². The van der Waals surface area contributed by atoms with E-state index in [2.05, 4.69) is 0 Å². The van der Waals surface area contributed by atoms with E-state index in [1.54, 1.807) is 0 Å². The molecule has 1 saturated carbocycles. The monoisotopic (exact) mass is 270 g/mol. The van der Waals surface area contributed by atoms with Crippen LogP contribution in [0.1, 0.15) is 38.2 Å². The molecule has 0 unspecified atom stereocenters. The fourth-order valence-electron chi connectivity index (χ4n) is 2.39. The third kappa shape index (κ3) is 3.66. The van der Waals surface area contributed by atoms with Gasteiger partial charge in [0, 0.05) is 12.2 Å². The van der Waals surface area contributed by atoms with Crippen molar-refractivity contribution < 1.29 is 18.3 Å². The summed E-state index contributed by atoms with van der Waals surface area (Å²) < 4.78 is 38.1. The summed E-state index contributed by atoms with van der Waals surface area (Å²) in [5.74, 6) is -1.29. The average molecular weight is 270 g/mol. The molecule has 0 heterocycles. The van der Waals surface area contributed by atoms with Crippen molar-refractivity contribution in [2.45, 2.75) is 39.2 Å². The third-order valence-electron chi connectivity index (χ3n) is 3.54. The van der Waals surface area contributed by atoms with Gasteiger partial charge < -0.3 is 9.47 Å². The number of benzene rings is 1. The first-order valence-electron chi connectivity index (χ1n) is 6.89. The lowest BCUT2D eigenvalue weighted by Crippen LogP contribution is -2.10. The molecule has 0 spiro atoms. The van der Waals surface area contributed by atoms with Crippen LogP contribution in [0.4, 0.5) is 8.78 Å². The SMILES string of the molecule is CCOCc1ccc(OCC2CCCC2)c(F)c1F. The van der Waals surface area contributed by atoms with Crippen LogP contribution in [-0.4, -0.2) is 13.2 Å². The van der Waals surface area contributed by atoms with Gasteiger partial charge in [-0.05, 0) is 37.8 Å². The molecule has 0 radical (unpaired) electrons. The molecule has 106 valence electrons. The molecule has 0 aromatic heterocycles. The van der Waals surface area contributed by atoms with Crippen molar-refractivity contribution in [1.29, 1.82) is 0 Å². The predicted octanol–water partition coefficient (Wildman–Crippen LogP) is 4.07. The topological polar surface area (TPSA) is 18.5 Å². The minimum atomic E-state index is -0.907. The molecule has 1 aromatic carbocycles. The van der Waals surface area contributed by atoms with Gasteiger partial charge in [0.15, 0.2) is 11.6 Å². The van der Waals surface area contributed by atoms with E-state index in [0.29, 0.717) is 19.1 Å². The Morgan fingerprint density at radius 3 is 2.58 bits per heavy atom. The Hall–Kier alpha value is -1.16. The lowest BCUT2D eigenvalue weighted by Gasteiger charge is -2.13. The van der Waals surface area contributed by atoms with Crippen LogP contribution < -0.4 is 4.74 Å². The van der Waals surface area contributed by atoms with Crippen LogP contribution in [0, 0.1) is 17.6 Å². The fraction of sp³-hybridized carbons (Fsp3) is 0.600. The van der Waals surface area contributed by atoms with Crippen LogP contribution in [-0.2, 0) is 11.3 Å². The predicted molar refractivity (Wildman–Crippen MR) is 69.1 cm³/mol. The number of hydrogen-bond donors (Lipinski definition) is 0. The first-order chi connectivity index (χ1) is 9.22. The lowest BCUT2D eigenvalue weighted by molar-refractivity contribution is 0.130. The summed E-state index contributed by atoms with van der Waals surface area (Å²) in [5, 5.41) is 0. The first-order valence-corrected chi connectivity index (χ1v) is 6.89. The van der Waals surface area contributed by atoms with Crippen LogP contribution in [0.3, 0.4) is 0 Å². The van der Waals surface area contributed by atoms with Gasteiger partial charge >= 0.3 is 0 Å². The quantitative estimate of drug-likeness (QED) is 0.775. The van der Waals surface area contributed by atoms with Crippen LogP contribution in [0.5, 0.6) is 5.75 Å². The number of hydrogen-bond acceptors (Lipinski definition) is 2. The van der Waals surface area contributed by atoms with Crippen molar-refractivity contribution in [3.8, 4) is 5.75 Å². The molecular weight excluding hydrogens is 250 g/mol. The second kappa shape index (κ2) is 6.85. The Kier molecular flexibility index (Phi) is 5.14. The van der Waals surface area contributed by atoms with Crippen molar-refractivity contribution in [2.75, 3.05) is 13.2 Å². The van der Waals surface area contributed by atoms with Crippen molar-refractivity contribution in [1.82, 2.24) is 0 Å². The van der Waals surface area contributed by atoms with Crippen LogP contribution in [0.15, 0.2) is 12.1 Å². The molecule has 0 aliphatic heterocycles. The molecule has 0 saturated heterocycles. The van der Waals surface area contributed by atoms with Gasteiger partial charge in [0.05, 0.1) is 13.2 Å². The van der Waals surface area contributed by atoms with Gasteiger partial charge in [-0.1, -0.05) is 12.8 Å². The average Bonchev–Trinajstić information content (AvgIpc) is 2.92. The van der Waals surface area contributed by atoms with E-state index in [1.807, 2.05) is 6.92 Å². The second-order valence-electron chi connectivity index (χ2n) is 4.95. The van der Waals surface area contributed by atoms with Crippen molar-refractivity contribution in [2.24, 2.45) is 5.92 Å². The molecule has 2 nitrogen and oxygen atoms in total. The highest BCUT2D eigenvalue weighted by Gasteiger charge is 2.18. The highest BCUT2D eigenvalue weighted by atomic mass is 19.2. The maximum absolute atomic E-state index is 13.8. The molecule has 2 rings (SSSR count). The Morgan fingerprint density at radius 2 is 1.89 bits per heavy atom. The van der Waals surface area contributed by atoms with E-state index >= 15 is 0 Å². The Labute approximate surface area is 112 Å². The summed E-state index contributed by atoms with van der Waals surface area (Å²) in [6, 6.07) is 3.01. The molecule has 0 amide bonds. The van der Waals surface area contributed by atoms with Gasteiger partial charge in [-0.3, -0.25) is 0 Å². The summed E-state index contributed by atoms with van der Waals surface area (Å²) in [6.07, 6.45) is 4.65. The van der Waals surface area contributed by atoms with Gasteiger partial charge in [-0.25, -0.2) is 4.39 Å².